The number of likely N-dealkylation sites (tertiary alicyclic amines) is 1. The molecule has 0 saturated carbocycles. The van der Waals surface area contributed by atoms with Crippen molar-refractivity contribution < 1.29 is 9.59 Å². The van der Waals surface area contributed by atoms with Gasteiger partial charge in [0.25, 0.3) is 5.91 Å². The van der Waals surface area contributed by atoms with Crippen molar-refractivity contribution >= 4 is 23.2 Å². The molecule has 1 fully saturated rings. The molecule has 6 nitrogen and oxygen atoms in total. The third-order valence-electron chi connectivity index (χ3n) is 5.61. The van der Waals surface area contributed by atoms with Crippen LogP contribution in [0.2, 0.25) is 0 Å². The Morgan fingerprint density at radius 2 is 2.18 bits per heavy atom. The molecule has 0 spiro atoms. The lowest BCUT2D eigenvalue weighted by atomic mass is 10.1. The summed E-state index contributed by atoms with van der Waals surface area (Å²) >= 11 is 1.67. The maximum absolute atomic E-state index is 13.1. The fourth-order valence-corrected chi connectivity index (χ4v) is 5.04. The van der Waals surface area contributed by atoms with E-state index in [-0.39, 0.29) is 17.9 Å². The average molecular weight is 399 g/mol. The van der Waals surface area contributed by atoms with Crippen molar-refractivity contribution in [3.63, 3.8) is 0 Å². The molecule has 0 bridgehead atoms. The van der Waals surface area contributed by atoms with Crippen LogP contribution >= 0.6 is 11.3 Å². The van der Waals surface area contributed by atoms with Crippen molar-refractivity contribution in [1.29, 1.82) is 0 Å². The van der Waals surface area contributed by atoms with E-state index in [1.54, 1.807) is 18.3 Å². The molecule has 2 aliphatic rings. The van der Waals surface area contributed by atoms with Gasteiger partial charge in [-0.2, -0.15) is 0 Å². The maximum Gasteiger partial charge on any atom is 0.255 e. The van der Waals surface area contributed by atoms with Gasteiger partial charge in [-0.05, 0) is 25.3 Å². The molecule has 4 heterocycles. The summed E-state index contributed by atoms with van der Waals surface area (Å²) in [5.74, 6) is 0.913. The molecule has 2 aromatic heterocycles. The van der Waals surface area contributed by atoms with Gasteiger partial charge in [0, 0.05) is 55.0 Å². The summed E-state index contributed by atoms with van der Waals surface area (Å²) in [6.45, 7) is 5.77. The number of carbonyl (C=O) groups is 2. The minimum atomic E-state index is -0.0573. The summed E-state index contributed by atoms with van der Waals surface area (Å²) in [6.07, 6.45) is 6.57. The summed E-state index contributed by atoms with van der Waals surface area (Å²) < 4.78 is 0. The molecule has 0 aliphatic carbocycles. The fourth-order valence-electron chi connectivity index (χ4n) is 4.08. The Morgan fingerprint density at radius 1 is 1.32 bits per heavy atom. The predicted octanol–water partition coefficient (Wildman–Crippen LogP) is 3.37. The largest absolute Gasteiger partial charge is 0.338 e. The van der Waals surface area contributed by atoms with Crippen molar-refractivity contribution in [3.8, 4) is 0 Å². The molecule has 0 radical (unpaired) electrons. The van der Waals surface area contributed by atoms with E-state index in [9.17, 15) is 9.59 Å². The summed E-state index contributed by atoms with van der Waals surface area (Å²) in [5, 5.41) is 1.98. The van der Waals surface area contributed by atoms with E-state index in [0.29, 0.717) is 13.1 Å². The zero-order chi connectivity index (χ0) is 19.7. The Kier molecular flexibility index (Phi) is 5.44. The van der Waals surface area contributed by atoms with Crippen LogP contribution in [0.15, 0.2) is 17.6 Å². The van der Waals surface area contributed by atoms with Crippen LogP contribution in [0, 0.1) is 0 Å². The van der Waals surface area contributed by atoms with Crippen LogP contribution < -0.4 is 0 Å². The van der Waals surface area contributed by atoms with E-state index in [1.807, 2.05) is 27.4 Å². The third-order valence-corrected chi connectivity index (χ3v) is 6.60. The Balaban J connectivity index is 1.53. The molecule has 28 heavy (non-hydrogen) atoms. The Labute approximate surface area is 169 Å². The normalized spacial score (nSPS) is 19.0. The molecule has 2 aliphatic heterocycles. The van der Waals surface area contributed by atoms with Gasteiger partial charge in [0.05, 0.1) is 17.3 Å². The molecule has 1 atom stereocenters. The van der Waals surface area contributed by atoms with Gasteiger partial charge >= 0.3 is 0 Å². The van der Waals surface area contributed by atoms with E-state index in [0.717, 1.165) is 61.3 Å². The maximum atomic E-state index is 13.1. The number of aryl methyl sites for hydroxylation is 1. The van der Waals surface area contributed by atoms with Crippen LogP contribution in [0.3, 0.4) is 0 Å². The Morgan fingerprint density at radius 3 is 2.96 bits per heavy atom. The number of aromatic nitrogens is 2. The van der Waals surface area contributed by atoms with Crippen LogP contribution in [-0.4, -0.2) is 44.7 Å². The number of amides is 2. The van der Waals surface area contributed by atoms with Crippen molar-refractivity contribution in [2.75, 3.05) is 13.1 Å². The van der Waals surface area contributed by atoms with Gasteiger partial charge in [-0.25, -0.2) is 9.97 Å². The van der Waals surface area contributed by atoms with Crippen LogP contribution in [0.1, 0.15) is 71.5 Å². The van der Waals surface area contributed by atoms with Crippen LogP contribution in [0.25, 0.3) is 0 Å². The minimum absolute atomic E-state index is 0.0573. The smallest absolute Gasteiger partial charge is 0.255 e. The minimum Gasteiger partial charge on any atom is -0.338 e. The second-order valence-corrected chi connectivity index (χ2v) is 8.59. The van der Waals surface area contributed by atoms with Crippen LogP contribution in [0.5, 0.6) is 0 Å². The number of rotatable bonds is 4. The molecule has 2 aromatic rings. The second kappa shape index (κ2) is 7.99. The molecule has 7 heteroatoms. The summed E-state index contributed by atoms with van der Waals surface area (Å²) in [4.78, 5) is 39.1. The van der Waals surface area contributed by atoms with Gasteiger partial charge in [-0.15, -0.1) is 11.3 Å². The lowest BCUT2D eigenvalue weighted by Gasteiger charge is -2.28. The zero-order valence-corrected chi connectivity index (χ0v) is 17.3. The second-order valence-electron chi connectivity index (χ2n) is 7.60. The van der Waals surface area contributed by atoms with Crippen molar-refractivity contribution in [2.45, 2.75) is 58.5 Å². The standard InChI is InChI=1S/C21H26N4O2S/c1-3-5-17-10-15(13-28-17)21(27)25-8-4-6-19(25)20-22-11-16-12-24(14(2)26)9-7-18(16)23-20/h10-11,13,19H,3-9,12H2,1-2H3/t19-/m1/s1. The van der Waals surface area contributed by atoms with Gasteiger partial charge < -0.3 is 9.80 Å². The average Bonchev–Trinajstić information content (AvgIpc) is 3.36. The SMILES string of the molecule is CCCc1cc(C(=O)N2CCC[C@@H]2c2ncc3c(n2)CCN(C(C)=O)C3)cs1. The molecule has 2 amide bonds. The summed E-state index contributed by atoms with van der Waals surface area (Å²) in [5.41, 5.74) is 2.82. The lowest BCUT2D eigenvalue weighted by Crippen LogP contribution is -2.36. The highest BCUT2D eigenvalue weighted by Gasteiger charge is 2.33. The highest BCUT2D eigenvalue weighted by molar-refractivity contribution is 7.10. The van der Waals surface area contributed by atoms with Crippen LogP contribution in [-0.2, 0) is 24.2 Å². The monoisotopic (exact) mass is 398 g/mol. The Bertz CT molecular complexity index is 894. The first-order valence-corrected chi connectivity index (χ1v) is 10.9. The van der Waals surface area contributed by atoms with Gasteiger partial charge in [-0.1, -0.05) is 13.3 Å². The number of hydrogen-bond donors (Lipinski definition) is 0. The van der Waals surface area contributed by atoms with E-state index in [2.05, 4.69) is 11.9 Å². The molecule has 1 saturated heterocycles. The first kappa shape index (κ1) is 19.1. The Hall–Kier alpha value is -2.28. The highest BCUT2D eigenvalue weighted by Crippen LogP contribution is 2.33. The number of hydrogen-bond acceptors (Lipinski definition) is 5. The molecule has 4 rings (SSSR count). The van der Waals surface area contributed by atoms with Gasteiger partial charge in [0.2, 0.25) is 5.91 Å². The summed E-state index contributed by atoms with van der Waals surface area (Å²) in [7, 11) is 0. The number of nitrogens with zero attached hydrogens (tertiary/aromatic N) is 4. The first-order chi connectivity index (χ1) is 13.6. The van der Waals surface area contributed by atoms with E-state index < -0.39 is 0 Å². The molecule has 148 valence electrons. The van der Waals surface area contributed by atoms with Gasteiger partial charge in [0.1, 0.15) is 0 Å². The van der Waals surface area contributed by atoms with E-state index in [1.165, 1.54) is 4.88 Å². The van der Waals surface area contributed by atoms with Crippen molar-refractivity contribution in [3.05, 3.63) is 45.2 Å². The topological polar surface area (TPSA) is 66.4 Å². The van der Waals surface area contributed by atoms with E-state index >= 15 is 0 Å². The quantitative estimate of drug-likeness (QED) is 0.792. The number of carbonyl (C=O) groups excluding carboxylic acids is 2. The molecular formula is C21H26N4O2S. The van der Waals surface area contributed by atoms with Gasteiger partial charge in [0.15, 0.2) is 5.82 Å². The highest BCUT2D eigenvalue weighted by atomic mass is 32.1. The number of fused-ring (bicyclic) bond motifs is 1. The predicted molar refractivity (Wildman–Crippen MR) is 108 cm³/mol. The first-order valence-electron chi connectivity index (χ1n) is 10.1. The van der Waals surface area contributed by atoms with Gasteiger partial charge in [-0.3, -0.25) is 9.59 Å². The fraction of sp³-hybridized carbons (Fsp3) is 0.524. The van der Waals surface area contributed by atoms with Crippen LogP contribution in [0.4, 0.5) is 0 Å². The lowest BCUT2D eigenvalue weighted by molar-refractivity contribution is -0.129. The molecular weight excluding hydrogens is 372 g/mol. The number of thiophene rings is 1. The zero-order valence-electron chi connectivity index (χ0n) is 16.5. The van der Waals surface area contributed by atoms with E-state index in [4.69, 9.17) is 4.98 Å². The van der Waals surface area contributed by atoms with Crippen molar-refractivity contribution in [2.24, 2.45) is 0 Å². The van der Waals surface area contributed by atoms with Crippen molar-refractivity contribution in [1.82, 2.24) is 19.8 Å². The molecule has 0 unspecified atom stereocenters. The third kappa shape index (κ3) is 3.68. The summed E-state index contributed by atoms with van der Waals surface area (Å²) in [6, 6.07) is 1.98. The molecule has 0 N–H and O–H groups in total. The molecule has 0 aromatic carbocycles.